The molecule has 0 aliphatic heterocycles. The Bertz CT molecular complexity index is 726. The highest BCUT2D eigenvalue weighted by molar-refractivity contribution is 6.31. The molecule has 3 nitrogen and oxygen atoms in total. The van der Waals surface area contributed by atoms with Crippen molar-refractivity contribution in [1.82, 2.24) is 9.55 Å². The minimum absolute atomic E-state index is 0.598. The zero-order chi connectivity index (χ0) is 12.8. The van der Waals surface area contributed by atoms with Crippen LogP contribution in [0.15, 0.2) is 41.0 Å². The molecule has 0 saturated heterocycles. The van der Waals surface area contributed by atoms with Crippen molar-refractivity contribution in [2.24, 2.45) is 0 Å². The number of nitrogens with zero attached hydrogens (tertiary/aromatic N) is 2. The smallest absolute Gasteiger partial charge is 0.123 e. The van der Waals surface area contributed by atoms with Crippen LogP contribution in [0.3, 0.4) is 0 Å². The van der Waals surface area contributed by atoms with Gasteiger partial charge in [0.2, 0.25) is 0 Å². The molecule has 1 aliphatic carbocycles. The normalized spacial score (nSPS) is 15.2. The lowest BCUT2D eigenvalue weighted by Crippen LogP contribution is -2.03. The topological polar surface area (TPSA) is 31.0 Å². The van der Waals surface area contributed by atoms with Gasteiger partial charge in [0.05, 0.1) is 23.8 Å². The second-order valence-corrected chi connectivity index (χ2v) is 5.48. The fourth-order valence-electron chi connectivity index (χ4n) is 2.50. The standard InChI is InChI=1S/C15H13ClN2O/c16-11-5-6-14-13(8-11)17-15(10-3-4-10)18(14)9-12-2-1-7-19-12/h1-2,5-8,10H,3-4,9H2. The molecule has 3 aromatic rings. The molecule has 0 spiro atoms. The number of hydrogen-bond donors (Lipinski definition) is 0. The van der Waals surface area contributed by atoms with Gasteiger partial charge in [-0.1, -0.05) is 11.6 Å². The van der Waals surface area contributed by atoms with Crippen LogP contribution in [0, 0.1) is 0 Å². The van der Waals surface area contributed by atoms with Crippen LogP contribution < -0.4 is 0 Å². The van der Waals surface area contributed by atoms with E-state index in [1.54, 1.807) is 6.26 Å². The number of halogens is 1. The minimum atomic E-state index is 0.598. The van der Waals surface area contributed by atoms with Crippen molar-refractivity contribution in [2.45, 2.75) is 25.3 Å². The molecule has 0 N–H and O–H groups in total. The van der Waals surface area contributed by atoms with E-state index in [0.717, 1.165) is 34.2 Å². The SMILES string of the molecule is Clc1ccc2c(c1)nc(C1CC1)n2Cc1ccco1. The fraction of sp³-hybridized carbons (Fsp3) is 0.267. The Balaban J connectivity index is 1.87. The Labute approximate surface area is 115 Å². The summed E-state index contributed by atoms with van der Waals surface area (Å²) >= 11 is 6.05. The van der Waals surface area contributed by atoms with Crippen LogP contribution in [0.4, 0.5) is 0 Å². The Morgan fingerprint density at radius 3 is 2.95 bits per heavy atom. The van der Waals surface area contributed by atoms with Gasteiger partial charge < -0.3 is 8.98 Å². The molecule has 96 valence electrons. The van der Waals surface area contributed by atoms with Gasteiger partial charge in [-0.05, 0) is 43.2 Å². The molecule has 1 fully saturated rings. The maximum absolute atomic E-state index is 6.05. The maximum Gasteiger partial charge on any atom is 0.123 e. The molecule has 1 saturated carbocycles. The fourth-order valence-corrected chi connectivity index (χ4v) is 2.67. The summed E-state index contributed by atoms with van der Waals surface area (Å²) in [5, 5.41) is 0.734. The number of furan rings is 1. The van der Waals surface area contributed by atoms with E-state index < -0.39 is 0 Å². The van der Waals surface area contributed by atoms with Crippen molar-refractivity contribution in [3.63, 3.8) is 0 Å². The van der Waals surface area contributed by atoms with Gasteiger partial charge in [0.1, 0.15) is 11.6 Å². The third kappa shape index (κ3) is 1.94. The van der Waals surface area contributed by atoms with Crippen molar-refractivity contribution in [3.8, 4) is 0 Å². The lowest BCUT2D eigenvalue weighted by atomic mass is 10.3. The lowest BCUT2D eigenvalue weighted by Gasteiger charge is -2.06. The summed E-state index contributed by atoms with van der Waals surface area (Å²) in [4.78, 5) is 4.75. The van der Waals surface area contributed by atoms with Crippen molar-refractivity contribution in [2.75, 3.05) is 0 Å². The van der Waals surface area contributed by atoms with E-state index in [2.05, 4.69) is 4.57 Å². The van der Waals surface area contributed by atoms with Crippen LogP contribution >= 0.6 is 11.6 Å². The highest BCUT2D eigenvalue weighted by Gasteiger charge is 2.29. The van der Waals surface area contributed by atoms with E-state index >= 15 is 0 Å². The average molecular weight is 273 g/mol. The summed E-state index contributed by atoms with van der Waals surface area (Å²) in [6.07, 6.45) is 4.17. The molecule has 2 heterocycles. The molecule has 2 aromatic heterocycles. The van der Waals surface area contributed by atoms with Gasteiger partial charge in [0, 0.05) is 10.9 Å². The first-order chi connectivity index (χ1) is 9.31. The number of aromatic nitrogens is 2. The van der Waals surface area contributed by atoms with Gasteiger partial charge in [0.15, 0.2) is 0 Å². The molecule has 0 amide bonds. The van der Waals surface area contributed by atoms with Crippen molar-refractivity contribution in [1.29, 1.82) is 0 Å². The van der Waals surface area contributed by atoms with Crippen LogP contribution in [0.2, 0.25) is 5.02 Å². The number of rotatable bonds is 3. The quantitative estimate of drug-likeness (QED) is 0.715. The minimum Gasteiger partial charge on any atom is -0.467 e. The molecular formula is C15H13ClN2O. The molecule has 0 atom stereocenters. The highest BCUT2D eigenvalue weighted by Crippen LogP contribution is 2.41. The largest absolute Gasteiger partial charge is 0.467 e. The Hall–Kier alpha value is -1.74. The molecule has 19 heavy (non-hydrogen) atoms. The number of hydrogen-bond acceptors (Lipinski definition) is 2. The van der Waals surface area contributed by atoms with Crippen molar-refractivity contribution < 1.29 is 4.42 Å². The first kappa shape index (κ1) is 11.1. The third-order valence-electron chi connectivity index (χ3n) is 3.58. The van der Waals surface area contributed by atoms with Crippen molar-refractivity contribution >= 4 is 22.6 Å². The summed E-state index contributed by atoms with van der Waals surface area (Å²) in [5.41, 5.74) is 2.10. The van der Waals surface area contributed by atoms with E-state index in [1.165, 1.54) is 12.8 Å². The van der Waals surface area contributed by atoms with Gasteiger partial charge in [-0.25, -0.2) is 4.98 Å². The molecule has 1 aliphatic rings. The summed E-state index contributed by atoms with van der Waals surface area (Å²) in [6, 6.07) is 9.81. The average Bonchev–Trinajstić information content (AvgIpc) is 3.00. The Morgan fingerprint density at radius 1 is 1.32 bits per heavy atom. The zero-order valence-corrected chi connectivity index (χ0v) is 11.1. The maximum atomic E-state index is 6.05. The van der Waals surface area contributed by atoms with Gasteiger partial charge in [-0.2, -0.15) is 0 Å². The van der Waals surface area contributed by atoms with Crippen LogP contribution in [0.25, 0.3) is 11.0 Å². The molecule has 0 radical (unpaired) electrons. The van der Waals surface area contributed by atoms with Gasteiger partial charge in [-0.3, -0.25) is 0 Å². The molecule has 1 aromatic carbocycles. The first-order valence-corrected chi connectivity index (χ1v) is 6.87. The van der Waals surface area contributed by atoms with Crippen LogP contribution in [0.5, 0.6) is 0 Å². The summed E-state index contributed by atoms with van der Waals surface area (Å²) in [6.45, 7) is 0.733. The zero-order valence-electron chi connectivity index (χ0n) is 10.3. The predicted octanol–water partition coefficient (Wildman–Crippen LogP) is 4.21. The van der Waals surface area contributed by atoms with E-state index in [4.69, 9.17) is 21.0 Å². The molecule has 0 unspecified atom stereocenters. The predicted molar refractivity (Wildman–Crippen MR) is 74.5 cm³/mol. The first-order valence-electron chi connectivity index (χ1n) is 6.49. The summed E-state index contributed by atoms with van der Waals surface area (Å²) < 4.78 is 7.71. The van der Waals surface area contributed by atoms with E-state index in [1.807, 2.05) is 30.3 Å². The summed E-state index contributed by atoms with van der Waals surface area (Å²) in [5.74, 6) is 2.71. The number of benzene rings is 1. The van der Waals surface area contributed by atoms with E-state index in [-0.39, 0.29) is 0 Å². The van der Waals surface area contributed by atoms with Crippen LogP contribution in [-0.4, -0.2) is 9.55 Å². The second-order valence-electron chi connectivity index (χ2n) is 5.04. The van der Waals surface area contributed by atoms with E-state index in [0.29, 0.717) is 5.92 Å². The van der Waals surface area contributed by atoms with Gasteiger partial charge >= 0.3 is 0 Å². The highest BCUT2D eigenvalue weighted by atomic mass is 35.5. The Morgan fingerprint density at radius 2 is 2.21 bits per heavy atom. The second kappa shape index (κ2) is 4.14. The number of imidazole rings is 1. The molecule has 4 heteroatoms. The van der Waals surface area contributed by atoms with E-state index in [9.17, 15) is 0 Å². The number of fused-ring (bicyclic) bond motifs is 1. The molecule has 0 bridgehead atoms. The molecule has 4 rings (SSSR count). The van der Waals surface area contributed by atoms with Crippen LogP contribution in [0.1, 0.15) is 30.3 Å². The monoisotopic (exact) mass is 272 g/mol. The van der Waals surface area contributed by atoms with Crippen LogP contribution in [-0.2, 0) is 6.54 Å². The Kier molecular flexibility index (Phi) is 2.42. The molecular weight excluding hydrogens is 260 g/mol. The van der Waals surface area contributed by atoms with Crippen molar-refractivity contribution in [3.05, 3.63) is 53.2 Å². The third-order valence-corrected chi connectivity index (χ3v) is 3.81. The lowest BCUT2D eigenvalue weighted by molar-refractivity contribution is 0.492. The summed E-state index contributed by atoms with van der Waals surface area (Å²) in [7, 11) is 0. The van der Waals surface area contributed by atoms with Gasteiger partial charge in [-0.15, -0.1) is 0 Å². The van der Waals surface area contributed by atoms with Gasteiger partial charge in [0.25, 0.3) is 0 Å².